The number of rotatable bonds is 6. The van der Waals surface area contributed by atoms with Crippen molar-refractivity contribution in [2.75, 3.05) is 19.5 Å². The average Bonchev–Trinajstić information content (AvgIpc) is 2.51. The molecule has 1 aromatic rings. The molecule has 4 heteroatoms. The maximum atomic E-state index is 4.98. The van der Waals surface area contributed by atoms with Crippen LogP contribution < -0.4 is 0 Å². The molecule has 13 heavy (non-hydrogen) atoms. The van der Waals surface area contributed by atoms with Crippen molar-refractivity contribution < 1.29 is 4.74 Å². The highest BCUT2D eigenvalue weighted by Gasteiger charge is 1.97. The predicted molar refractivity (Wildman–Crippen MR) is 64.7 cm³/mol. The van der Waals surface area contributed by atoms with Gasteiger partial charge in [-0.15, -0.1) is 11.3 Å². The maximum absolute atomic E-state index is 4.98. The van der Waals surface area contributed by atoms with E-state index in [9.17, 15) is 0 Å². The van der Waals surface area contributed by atoms with Gasteiger partial charge in [-0.1, -0.05) is 0 Å². The number of halogens is 1. The van der Waals surface area contributed by atoms with Crippen molar-refractivity contribution in [2.24, 2.45) is 0 Å². The van der Waals surface area contributed by atoms with E-state index in [2.05, 4.69) is 27.4 Å². The largest absolute Gasteiger partial charge is 0.385 e. The van der Waals surface area contributed by atoms with Crippen molar-refractivity contribution in [1.82, 2.24) is 0 Å². The number of thioether (sulfide) groups is 1. The van der Waals surface area contributed by atoms with E-state index < -0.39 is 0 Å². The third kappa shape index (κ3) is 5.05. The molecule has 0 saturated heterocycles. The van der Waals surface area contributed by atoms with Crippen molar-refractivity contribution in [1.29, 1.82) is 0 Å². The lowest BCUT2D eigenvalue weighted by Crippen LogP contribution is -1.90. The first-order valence-electron chi connectivity index (χ1n) is 4.12. The highest BCUT2D eigenvalue weighted by atomic mass is 79.9. The average molecular weight is 281 g/mol. The molecule has 0 aliphatic carbocycles. The topological polar surface area (TPSA) is 9.23 Å². The van der Waals surface area contributed by atoms with Crippen LogP contribution in [0.15, 0.2) is 15.9 Å². The van der Waals surface area contributed by atoms with Crippen LogP contribution in [0.2, 0.25) is 0 Å². The highest BCUT2D eigenvalue weighted by molar-refractivity contribution is 9.10. The van der Waals surface area contributed by atoms with Crippen LogP contribution in [0, 0.1) is 0 Å². The van der Waals surface area contributed by atoms with Crippen molar-refractivity contribution >= 4 is 39.0 Å². The lowest BCUT2D eigenvalue weighted by Gasteiger charge is -1.98. The van der Waals surface area contributed by atoms with Gasteiger partial charge in [-0.05, 0) is 34.2 Å². The van der Waals surface area contributed by atoms with Gasteiger partial charge >= 0.3 is 0 Å². The SMILES string of the molecule is COCCCSCc1cc(Br)cs1. The van der Waals surface area contributed by atoms with Gasteiger partial charge in [0, 0.05) is 34.2 Å². The second kappa shape index (κ2) is 6.87. The fourth-order valence-electron chi connectivity index (χ4n) is 0.908. The van der Waals surface area contributed by atoms with Gasteiger partial charge in [-0.2, -0.15) is 11.8 Å². The van der Waals surface area contributed by atoms with E-state index in [4.69, 9.17) is 4.74 Å². The number of methoxy groups -OCH3 is 1. The summed E-state index contributed by atoms with van der Waals surface area (Å²) in [5.74, 6) is 2.31. The van der Waals surface area contributed by atoms with Crippen LogP contribution in [0.4, 0.5) is 0 Å². The van der Waals surface area contributed by atoms with E-state index in [1.54, 1.807) is 7.11 Å². The molecule has 74 valence electrons. The maximum Gasteiger partial charge on any atom is 0.0470 e. The van der Waals surface area contributed by atoms with Crippen LogP contribution in [0.1, 0.15) is 11.3 Å². The monoisotopic (exact) mass is 280 g/mol. The van der Waals surface area contributed by atoms with Crippen LogP contribution in [0.5, 0.6) is 0 Å². The Bertz CT molecular complexity index is 237. The van der Waals surface area contributed by atoms with E-state index in [0.717, 1.165) is 18.8 Å². The van der Waals surface area contributed by atoms with Crippen molar-refractivity contribution in [2.45, 2.75) is 12.2 Å². The summed E-state index contributed by atoms with van der Waals surface area (Å²) in [5.41, 5.74) is 0. The zero-order chi connectivity index (χ0) is 9.52. The molecule has 0 saturated carbocycles. The van der Waals surface area contributed by atoms with E-state index in [1.165, 1.54) is 15.1 Å². The molecular weight excluding hydrogens is 268 g/mol. The standard InChI is InChI=1S/C9H13BrOS2/c1-11-3-2-4-12-7-9-5-8(10)6-13-9/h5-6H,2-4,7H2,1H3. The van der Waals surface area contributed by atoms with Crippen molar-refractivity contribution in [3.05, 3.63) is 20.8 Å². The molecule has 1 nitrogen and oxygen atoms in total. The van der Waals surface area contributed by atoms with Crippen molar-refractivity contribution in [3.63, 3.8) is 0 Å². The Morgan fingerprint density at radius 2 is 2.46 bits per heavy atom. The van der Waals surface area contributed by atoms with E-state index in [0.29, 0.717) is 0 Å². The van der Waals surface area contributed by atoms with Gasteiger partial charge in [0.2, 0.25) is 0 Å². The Morgan fingerprint density at radius 1 is 1.62 bits per heavy atom. The van der Waals surface area contributed by atoms with Gasteiger partial charge in [0.1, 0.15) is 0 Å². The summed E-state index contributed by atoms with van der Waals surface area (Å²) in [6.45, 7) is 0.876. The van der Waals surface area contributed by atoms with Crippen LogP contribution in [0.25, 0.3) is 0 Å². The molecular formula is C9H13BrOS2. The van der Waals surface area contributed by atoms with E-state index in [-0.39, 0.29) is 0 Å². The Hall–Kier alpha value is 0.490. The first-order valence-corrected chi connectivity index (χ1v) is 6.95. The number of ether oxygens (including phenoxy) is 1. The summed E-state index contributed by atoms with van der Waals surface area (Å²) < 4.78 is 6.18. The predicted octanol–water partition coefficient (Wildman–Crippen LogP) is 3.78. The number of thiophene rings is 1. The molecule has 0 atom stereocenters. The normalized spacial score (nSPS) is 10.6. The van der Waals surface area contributed by atoms with E-state index >= 15 is 0 Å². The Kier molecular flexibility index (Phi) is 6.11. The first kappa shape index (κ1) is 11.6. The minimum Gasteiger partial charge on any atom is -0.385 e. The molecule has 0 radical (unpaired) electrons. The first-order chi connectivity index (χ1) is 6.33. The molecule has 0 unspecified atom stereocenters. The lowest BCUT2D eigenvalue weighted by molar-refractivity contribution is 0.200. The number of hydrogen-bond acceptors (Lipinski definition) is 3. The summed E-state index contributed by atoms with van der Waals surface area (Å²) in [4.78, 5) is 1.44. The molecule has 0 amide bonds. The third-order valence-corrected chi connectivity index (χ3v) is 4.48. The molecule has 1 rings (SSSR count). The highest BCUT2D eigenvalue weighted by Crippen LogP contribution is 2.23. The lowest BCUT2D eigenvalue weighted by atomic mass is 10.5. The zero-order valence-corrected chi connectivity index (χ0v) is 10.8. The molecule has 0 aromatic carbocycles. The van der Waals surface area contributed by atoms with Gasteiger partial charge < -0.3 is 4.74 Å². The second-order valence-corrected chi connectivity index (χ2v) is 5.65. The molecule has 0 aliphatic rings. The molecule has 1 heterocycles. The van der Waals surface area contributed by atoms with Gasteiger partial charge in [0.15, 0.2) is 0 Å². The molecule has 0 fully saturated rings. The van der Waals surface area contributed by atoms with Crippen LogP contribution in [-0.2, 0) is 10.5 Å². The fraction of sp³-hybridized carbons (Fsp3) is 0.556. The second-order valence-electron chi connectivity index (χ2n) is 2.63. The summed E-state index contributed by atoms with van der Waals surface area (Å²) >= 11 is 7.23. The van der Waals surface area contributed by atoms with Crippen LogP contribution >= 0.6 is 39.0 Å². The summed E-state index contributed by atoms with van der Waals surface area (Å²) in [5, 5.41) is 2.13. The van der Waals surface area contributed by atoms with Crippen LogP contribution in [0.3, 0.4) is 0 Å². The van der Waals surface area contributed by atoms with Gasteiger partial charge in [0.25, 0.3) is 0 Å². The third-order valence-electron chi connectivity index (χ3n) is 1.50. The minimum atomic E-state index is 0.876. The smallest absolute Gasteiger partial charge is 0.0470 e. The quantitative estimate of drug-likeness (QED) is 0.734. The fourth-order valence-corrected chi connectivity index (χ4v) is 3.42. The Labute approximate surface area is 96.0 Å². The molecule has 0 bridgehead atoms. The van der Waals surface area contributed by atoms with Gasteiger partial charge in [-0.3, -0.25) is 0 Å². The van der Waals surface area contributed by atoms with Crippen molar-refractivity contribution in [3.8, 4) is 0 Å². The van der Waals surface area contributed by atoms with Gasteiger partial charge in [0.05, 0.1) is 0 Å². The summed E-state index contributed by atoms with van der Waals surface area (Å²) in [7, 11) is 1.75. The zero-order valence-electron chi connectivity index (χ0n) is 7.59. The molecule has 1 aromatic heterocycles. The van der Waals surface area contributed by atoms with Crippen LogP contribution in [-0.4, -0.2) is 19.5 Å². The minimum absolute atomic E-state index is 0.876. The molecule has 0 aliphatic heterocycles. The molecule has 0 N–H and O–H groups in total. The Morgan fingerprint density at radius 3 is 3.08 bits per heavy atom. The summed E-state index contributed by atoms with van der Waals surface area (Å²) in [6.07, 6.45) is 1.15. The number of hydrogen-bond donors (Lipinski definition) is 0. The van der Waals surface area contributed by atoms with Gasteiger partial charge in [-0.25, -0.2) is 0 Å². The Balaban J connectivity index is 2.06. The summed E-state index contributed by atoms with van der Waals surface area (Å²) in [6, 6.07) is 2.19. The molecule has 0 spiro atoms. The van der Waals surface area contributed by atoms with E-state index in [1.807, 2.05) is 23.1 Å².